The summed E-state index contributed by atoms with van der Waals surface area (Å²) in [5.41, 5.74) is 0.0599. The minimum atomic E-state index is -1.08. The monoisotopic (exact) mass is 250 g/mol. The number of carbonyl (C=O) groups excluding carboxylic acids is 1. The zero-order valence-electron chi connectivity index (χ0n) is 9.24. The van der Waals surface area contributed by atoms with Crippen molar-refractivity contribution in [3.8, 4) is 0 Å². The molecule has 1 amide bonds. The van der Waals surface area contributed by atoms with Crippen molar-refractivity contribution in [3.63, 3.8) is 0 Å². The molecule has 0 aliphatic rings. The highest BCUT2D eigenvalue weighted by Crippen LogP contribution is 2.02. The summed E-state index contributed by atoms with van der Waals surface area (Å²) < 4.78 is 5.85. The summed E-state index contributed by atoms with van der Waals surface area (Å²) >= 11 is 0. The van der Waals surface area contributed by atoms with Gasteiger partial charge in [0.15, 0.2) is 5.82 Å². The van der Waals surface area contributed by atoms with E-state index in [0.717, 1.165) is 6.39 Å². The fourth-order valence-electron chi connectivity index (χ4n) is 1.40. The quantitative estimate of drug-likeness (QED) is 0.765. The Kier molecular flexibility index (Phi) is 3.37. The summed E-state index contributed by atoms with van der Waals surface area (Å²) in [5.74, 6) is -1.06. The lowest BCUT2D eigenvalue weighted by molar-refractivity contribution is -0.121. The van der Waals surface area contributed by atoms with Crippen LogP contribution in [0, 0.1) is 0 Å². The summed E-state index contributed by atoms with van der Waals surface area (Å²) in [7, 11) is 0. The van der Waals surface area contributed by atoms with Crippen molar-refractivity contribution in [1.82, 2.24) is 20.0 Å². The van der Waals surface area contributed by atoms with Crippen molar-refractivity contribution in [2.75, 3.05) is 0 Å². The zero-order chi connectivity index (χ0) is 13.0. The highest BCUT2D eigenvalue weighted by atomic mass is 16.5. The van der Waals surface area contributed by atoms with Crippen LogP contribution in [0.5, 0.6) is 0 Å². The molecule has 0 radical (unpaired) electrons. The molecule has 0 saturated heterocycles. The second kappa shape index (κ2) is 5.13. The van der Waals surface area contributed by atoms with Crippen LogP contribution in [0.3, 0.4) is 0 Å². The van der Waals surface area contributed by atoms with Crippen LogP contribution in [0.1, 0.15) is 16.3 Å². The number of nitrogens with one attached hydrogen (secondary N) is 1. The van der Waals surface area contributed by atoms with Gasteiger partial charge in [0.05, 0.1) is 6.54 Å². The molecule has 18 heavy (non-hydrogen) atoms. The molecule has 0 unspecified atom stereocenters. The van der Waals surface area contributed by atoms with Gasteiger partial charge < -0.3 is 19.5 Å². The molecule has 0 aliphatic carbocycles. The normalized spacial score (nSPS) is 10.2. The molecule has 2 aromatic rings. The number of aromatic nitrogens is 3. The van der Waals surface area contributed by atoms with Crippen LogP contribution >= 0.6 is 0 Å². The number of carboxylic acids is 1. The Morgan fingerprint density at radius 1 is 1.50 bits per heavy atom. The largest absolute Gasteiger partial charge is 0.477 e. The molecule has 0 aliphatic heterocycles. The molecule has 0 atom stereocenters. The lowest BCUT2D eigenvalue weighted by Crippen LogP contribution is -2.28. The highest BCUT2D eigenvalue weighted by molar-refractivity contribution is 5.86. The zero-order valence-corrected chi connectivity index (χ0v) is 9.24. The standard InChI is InChI=1S/C10H10N4O4/c15-9(11-4-8-12-6-18-13-8)5-14-3-1-2-7(14)10(16)17/h1-3,6H,4-5H2,(H,11,15)(H,16,17). The van der Waals surface area contributed by atoms with E-state index in [4.69, 9.17) is 5.11 Å². The maximum atomic E-state index is 11.6. The van der Waals surface area contributed by atoms with Crippen LogP contribution in [-0.2, 0) is 17.9 Å². The van der Waals surface area contributed by atoms with Gasteiger partial charge in [-0.25, -0.2) is 4.79 Å². The van der Waals surface area contributed by atoms with E-state index in [1.165, 1.54) is 16.8 Å². The van der Waals surface area contributed by atoms with Crippen molar-refractivity contribution in [1.29, 1.82) is 0 Å². The van der Waals surface area contributed by atoms with Gasteiger partial charge in [0.2, 0.25) is 12.3 Å². The van der Waals surface area contributed by atoms with E-state index in [1.807, 2.05) is 0 Å². The van der Waals surface area contributed by atoms with Gasteiger partial charge in [-0.2, -0.15) is 4.98 Å². The van der Waals surface area contributed by atoms with Gasteiger partial charge in [0.25, 0.3) is 0 Å². The summed E-state index contributed by atoms with van der Waals surface area (Å²) in [6.45, 7) is 0.0610. The summed E-state index contributed by atoms with van der Waals surface area (Å²) in [6.07, 6.45) is 2.69. The molecule has 0 fully saturated rings. The number of hydrogen-bond acceptors (Lipinski definition) is 5. The molecule has 0 bridgehead atoms. The van der Waals surface area contributed by atoms with E-state index in [9.17, 15) is 9.59 Å². The van der Waals surface area contributed by atoms with Crippen LogP contribution in [0.15, 0.2) is 29.2 Å². The molecule has 94 valence electrons. The van der Waals surface area contributed by atoms with Crippen molar-refractivity contribution in [2.45, 2.75) is 13.1 Å². The maximum Gasteiger partial charge on any atom is 0.352 e. The molecule has 0 spiro atoms. The number of carboxylic acid groups (broad SMARTS) is 1. The molecule has 8 heteroatoms. The van der Waals surface area contributed by atoms with Crippen molar-refractivity contribution in [2.24, 2.45) is 0 Å². The third-order valence-electron chi connectivity index (χ3n) is 2.21. The van der Waals surface area contributed by atoms with Gasteiger partial charge in [-0.15, -0.1) is 0 Å². The van der Waals surface area contributed by atoms with Gasteiger partial charge >= 0.3 is 5.97 Å². The number of amides is 1. The number of aromatic carboxylic acids is 1. The topological polar surface area (TPSA) is 110 Å². The van der Waals surface area contributed by atoms with Crippen molar-refractivity contribution >= 4 is 11.9 Å². The molecule has 2 heterocycles. The lowest BCUT2D eigenvalue weighted by Gasteiger charge is -2.06. The molecule has 2 aromatic heterocycles. The average Bonchev–Trinajstić information content (AvgIpc) is 2.96. The predicted molar refractivity (Wildman–Crippen MR) is 57.5 cm³/mol. The second-order valence-electron chi connectivity index (χ2n) is 3.45. The molecule has 0 saturated carbocycles. The number of carbonyl (C=O) groups is 2. The van der Waals surface area contributed by atoms with Crippen LogP contribution in [0.2, 0.25) is 0 Å². The van der Waals surface area contributed by atoms with Crippen LogP contribution in [0.25, 0.3) is 0 Å². The maximum absolute atomic E-state index is 11.6. The number of nitrogens with zero attached hydrogens (tertiary/aromatic N) is 3. The number of hydrogen-bond donors (Lipinski definition) is 2. The molecule has 0 aromatic carbocycles. The minimum Gasteiger partial charge on any atom is -0.477 e. The first-order valence-electron chi connectivity index (χ1n) is 5.07. The lowest BCUT2D eigenvalue weighted by atomic mass is 10.4. The first-order chi connectivity index (χ1) is 8.66. The number of rotatable bonds is 5. The van der Waals surface area contributed by atoms with E-state index in [1.54, 1.807) is 6.07 Å². The smallest absolute Gasteiger partial charge is 0.352 e. The second-order valence-corrected chi connectivity index (χ2v) is 3.45. The molecule has 8 nitrogen and oxygen atoms in total. The highest BCUT2D eigenvalue weighted by Gasteiger charge is 2.11. The van der Waals surface area contributed by atoms with E-state index >= 15 is 0 Å². The Labute approximate surface area is 101 Å². The van der Waals surface area contributed by atoms with Gasteiger partial charge in [-0.1, -0.05) is 5.16 Å². The van der Waals surface area contributed by atoms with E-state index in [0.29, 0.717) is 5.82 Å². The fourth-order valence-corrected chi connectivity index (χ4v) is 1.40. The average molecular weight is 250 g/mol. The first-order valence-corrected chi connectivity index (χ1v) is 5.07. The van der Waals surface area contributed by atoms with Gasteiger partial charge in [-0.3, -0.25) is 4.79 Å². The molecule has 2 N–H and O–H groups in total. The Balaban J connectivity index is 1.91. The van der Waals surface area contributed by atoms with E-state index in [-0.39, 0.29) is 24.7 Å². The summed E-state index contributed by atoms with van der Waals surface area (Å²) in [6, 6.07) is 2.99. The van der Waals surface area contributed by atoms with Gasteiger partial charge in [-0.05, 0) is 12.1 Å². The van der Waals surface area contributed by atoms with Crippen LogP contribution < -0.4 is 5.32 Å². The van der Waals surface area contributed by atoms with Crippen molar-refractivity contribution in [3.05, 3.63) is 36.2 Å². The Hall–Kier alpha value is -2.64. The molecular formula is C10H10N4O4. The van der Waals surface area contributed by atoms with Crippen molar-refractivity contribution < 1.29 is 19.2 Å². The van der Waals surface area contributed by atoms with E-state index < -0.39 is 5.97 Å². The van der Waals surface area contributed by atoms with E-state index in [2.05, 4.69) is 20.0 Å². The van der Waals surface area contributed by atoms with Crippen LogP contribution in [0.4, 0.5) is 0 Å². The Bertz CT molecular complexity index is 546. The Morgan fingerprint density at radius 3 is 3.00 bits per heavy atom. The third kappa shape index (κ3) is 2.73. The summed E-state index contributed by atoms with van der Waals surface area (Å²) in [5, 5.41) is 14.9. The Morgan fingerprint density at radius 2 is 2.33 bits per heavy atom. The van der Waals surface area contributed by atoms with Crippen LogP contribution in [-0.4, -0.2) is 31.7 Å². The molecule has 2 rings (SSSR count). The molecular weight excluding hydrogens is 240 g/mol. The fraction of sp³-hybridized carbons (Fsp3) is 0.200. The van der Waals surface area contributed by atoms with Gasteiger partial charge in [0.1, 0.15) is 12.2 Å². The summed E-state index contributed by atoms with van der Waals surface area (Å²) in [4.78, 5) is 26.1. The SMILES string of the molecule is O=C(Cn1cccc1C(=O)O)NCc1ncon1. The first kappa shape index (κ1) is 11.8. The predicted octanol–water partition coefficient (Wildman–Crippen LogP) is -0.114. The minimum absolute atomic E-state index is 0.0599. The van der Waals surface area contributed by atoms with Gasteiger partial charge in [0, 0.05) is 6.20 Å². The third-order valence-corrected chi connectivity index (χ3v) is 2.21.